The smallest absolute Gasteiger partial charge is 0.336 e. The lowest BCUT2D eigenvalue weighted by Gasteiger charge is -2.06. The van der Waals surface area contributed by atoms with Crippen molar-refractivity contribution >= 4 is 32.8 Å². The van der Waals surface area contributed by atoms with Crippen molar-refractivity contribution in [3.05, 3.63) is 76.5 Å². The van der Waals surface area contributed by atoms with Gasteiger partial charge >= 0.3 is 5.97 Å². The van der Waals surface area contributed by atoms with E-state index < -0.39 is 11.8 Å². The lowest BCUT2D eigenvalue weighted by atomic mass is 10.1. The maximum absolute atomic E-state index is 13.9. The highest BCUT2D eigenvalue weighted by atomic mass is 79.9. The van der Waals surface area contributed by atoms with Crippen molar-refractivity contribution in [1.82, 2.24) is 4.98 Å². The summed E-state index contributed by atoms with van der Waals surface area (Å²) in [6, 6.07) is 16.3. The average Bonchev–Trinajstić information content (AvgIpc) is 3.11. The summed E-state index contributed by atoms with van der Waals surface area (Å²) in [6.07, 6.45) is 0. The molecule has 128 valence electrons. The Bertz CT molecular complexity index is 1150. The summed E-state index contributed by atoms with van der Waals surface area (Å²) in [4.78, 5) is 16.1. The first-order valence-electron chi connectivity index (χ1n) is 7.71. The zero-order chi connectivity index (χ0) is 18.3. The van der Waals surface area contributed by atoms with Crippen molar-refractivity contribution in [2.24, 2.45) is 0 Å². The molecule has 0 bridgehead atoms. The minimum atomic E-state index is -1.06. The summed E-state index contributed by atoms with van der Waals surface area (Å²) < 4.78 is 20.5. The van der Waals surface area contributed by atoms with Crippen LogP contribution in [0.25, 0.3) is 33.7 Å². The van der Waals surface area contributed by atoms with E-state index in [2.05, 4.69) is 20.9 Å². The molecule has 0 aliphatic rings. The van der Waals surface area contributed by atoms with Crippen LogP contribution in [0.5, 0.6) is 0 Å². The van der Waals surface area contributed by atoms with Gasteiger partial charge in [0.15, 0.2) is 5.76 Å². The van der Waals surface area contributed by atoms with Crippen LogP contribution in [0.3, 0.4) is 0 Å². The minimum Gasteiger partial charge on any atom is -0.478 e. The third kappa shape index (κ3) is 2.88. The molecule has 4 rings (SSSR count). The van der Waals surface area contributed by atoms with Gasteiger partial charge in [0, 0.05) is 9.86 Å². The van der Waals surface area contributed by atoms with Crippen molar-refractivity contribution in [1.29, 1.82) is 0 Å². The second-order valence-corrected chi connectivity index (χ2v) is 6.58. The molecule has 2 aromatic heterocycles. The number of nitrogens with zero attached hydrogens (tertiary/aromatic N) is 1. The fraction of sp³-hybridized carbons (Fsp3) is 0. The molecule has 0 fully saturated rings. The van der Waals surface area contributed by atoms with Crippen molar-refractivity contribution in [2.45, 2.75) is 0 Å². The van der Waals surface area contributed by atoms with E-state index in [4.69, 9.17) is 4.42 Å². The molecule has 0 saturated carbocycles. The number of carboxylic acids is 1. The van der Waals surface area contributed by atoms with Gasteiger partial charge in [0.2, 0.25) is 0 Å². The van der Waals surface area contributed by atoms with E-state index in [9.17, 15) is 14.3 Å². The van der Waals surface area contributed by atoms with Crippen LogP contribution < -0.4 is 0 Å². The predicted molar refractivity (Wildman–Crippen MR) is 99.5 cm³/mol. The number of aromatic nitrogens is 1. The van der Waals surface area contributed by atoms with Gasteiger partial charge in [0.25, 0.3) is 0 Å². The van der Waals surface area contributed by atoms with E-state index in [1.807, 2.05) is 0 Å². The van der Waals surface area contributed by atoms with Gasteiger partial charge < -0.3 is 9.52 Å². The molecule has 0 aliphatic carbocycles. The molecular weight excluding hydrogens is 401 g/mol. The first-order chi connectivity index (χ1) is 12.5. The Labute approximate surface area is 156 Å². The molecule has 1 N–H and O–H groups in total. The second kappa shape index (κ2) is 6.38. The van der Waals surface area contributed by atoms with Gasteiger partial charge in [0.1, 0.15) is 17.3 Å². The molecule has 0 amide bonds. The maximum atomic E-state index is 13.9. The van der Waals surface area contributed by atoms with Crippen LogP contribution in [-0.2, 0) is 0 Å². The fourth-order valence-electron chi connectivity index (χ4n) is 2.78. The first-order valence-corrected chi connectivity index (χ1v) is 8.51. The molecule has 0 aliphatic heterocycles. The number of hydrogen-bond donors (Lipinski definition) is 1. The lowest BCUT2D eigenvalue weighted by molar-refractivity contribution is 0.0699. The Balaban J connectivity index is 1.86. The van der Waals surface area contributed by atoms with Gasteiger partial charge in [-0.15, -0.1) is 0 Å². The molecule has 0 unspecified atom stereocenters. The number of hydrogen-bond acceptors (Lipinski definition) is 3. The van der Waals surface area contributed by atoms with Gasteiger partial charge in [-0.3, -0.25) is 0 Å². The monoisotopic (exact) mass is 411 g/mol. The maximum Gasteiger partial charge on any atom is 0.336 e. The number of fused-ring (bicyclic) bond motifs is 1. The SMILES string of the molecule is O=C(O)c1cc(-c2ccc(-c3ccccc3F)o2)nc2ccc(Br)cc12. The number of aromatic carboxylic acids is 1. The van der Waals surface area contributed by atoms with Gasteiger partial charge in [-0.1, -0.05) is 28.1 Å². The molecule has 4 nitrogen and oxygen atoms in total. The van der Waals surface area contributed by atoms with Crippen molar-refractivity contribution in [2.75, 3.05) is 0 Å². The van der Waals surface area contributed by atoms with Crippen molar-refractivity contribution < 1.29 is 18.7 Å². The van der Waals surface area contributed by atoms with E-state index in [1.165, 1.54) is 12.1 Å². The zero-order valence-corrected chi connectivity index (χ0v) is 14.8. The molecule has 4 aromatic rings. The third-order valence-corrected chi connectivity index (χ3v) is 4.49. The van der Waals surface area contributed by atoms with Gasteiger partial charge in [-0.25, -0.2) is 14.2 Å². The Kier molecular flexibility index (Phi) is 4.05. The molecule has 2 heterocycles. The second-order valence-electron chi connectivity index (χ2n) is 5.67. The van der Waals surface area contributed by atoms with Crippen LogP contribution in [0.2, 0.25) is 0 Å². The Morgan fingerprint density at radius 2 is 1.81 bits per heavy atom. The predicted octanol–water partition coefficient (Wildman–Crippen LogP) is 5.76. The van der Waals surface area contributed by atoms with E-state index in [0.29, 0.717) is 33.7 Å². The molecule has 0 atom stereocenters. The number of pyridine rings is 1. The van der Waals surface area contributed by atoms with Gasteiger partial charge in [-0.2, -0.15) is 0 Å². The van der Waals surface area contributed by atoms with Crippen LogP contribution in [0, 0.1) is 5.82 Å². The Morgan fingerprint density at radius 1 is 1.04 bits per heavy atom. The third-order valence-electron chi connectivity index (χ3n) is 4.00. The standard InChI is InChI=1S/C20H11BrFNO3/c21-11-5-6-16-13(9-11)14(20(24)25)10-17(23-16)19-8-7-18(26-19)12-3-1-2-4-15(12)22/h1-10H,(H,24,25). The van der Waals surface area contributed by atoms with E-state index in [0.717, 1.165) is 4.47 Å². The molecule has 0 radical (unpaired) electrons. The highest BCUT2D eigenvalue weighted by Gasteiger charge is 2.16. The number of carboxylic acid groups (broad SMARTS) is 1. The lowest BCUT2D eigenvalue weighted by Crippen LogP contribution is -2.00. The molecule has 0 spiro atoms. The van der Waals surface area contributed by atoms with E-state index in [1.54, 1.807) is 48.5 Å². The van der Waals surface area contributed by atoms with Crippen LogP contribution >= 0.6 is 15.9 Å². The van der Waals surface area contributed by atoms with Gasteiger partial charge in [0.05, 0.1) is 16.6 Å². The molecular formula is C20H11BrFNO3. The summed E-state index contributed by atoms with van der Waals surface area (Å²) in [6.45, 7) is 0. The summed E-state index contributed by atoms with van der Waals surface area (Å²) in [5, 5.41) is 10.1. The van der Waals surface area contributed by atoms with Crippen LogP contribution in [0.1, 0.15) is 10.4 Å². The normalized spacial score (nSPS) is 11.0. The number of carbonyl (C=O) groups is 1. The molecule has 0 saturated heterocycles. The highest BCUT2D eigenvalue weighted by molar-refractivity contribution is 9.10. The molecule has 2 aromatic carbocycles. The van der Waals surface area contributed by atoms with Crippen LogP contribution in [0.15, 0.2) is 69.6 Å². The largest absolute Gasteiger partial charge is 0.478 e. The minimum absolute atomic E-state index is 0.121. The Morgan fingerprint density at radius 3 is 2.58 bits per heavy atom. The van der Waals surface area contributed by atoms with Crippen LogP contribution in [0.4, 0.5) is 4.39 Å². The quantitative estimate of drug-likeness (QED) is 0.465. The van der Waals surface area contributed by atoms with Crippen LogP contribution in [-0.4, -0.2) is 16.1 Å². The number of furan rings is 1. The van der Waals surface area contributed by atoms with Crippen molar-refractivity contribution in [3.63, 3.8) is 0 Å². The van der Waals surface area contributed by atoms with Gasteiger partial charge in [-0.05, 0) is 48.5 Å². The summed E-state index contributed by atoms with van der Waals surface area (Å²) >= 11 is 3.34. The van der Waals surface area contributed by atoms with E-state index in [-0.39, 0.29) is 5.56 Å². The van der Waals surface area contributed by atoms with E-state index >= 15 is 0 Å². The number of rotatable bonds is 3. The topological polar surface area (TPSA) is 63.3 Å². The average molecular weight is 412 g/mol. The fourth-order valence-corrected chi connectivity index (χ4v) is 3.14. The molecule has 26 heavy (non-hydrogen) atoms. The zero-order valence-electron chi connectivity index (χ0n) is 13.2. The molecule has 6 heteroatoms. The summed E-state index contributed by atoms with van der Waals surface area (Å²) in [5.74, 6) is -0.725. The summed E-state index contributed by atoms with van der Waals surface area (Å²) in [7, 11) is 0. The number of benzene rings is 2. The van der Waals surface area contributed by atoms with Crippen molar-refractivity contribution in [3.8, 4) is 22.8 Å². The highest BCUT2D eigenvalue weighted by Crippen LogP contribution is 2.32. The first kappa shape index (κ1) is 16.5. The number of halogens is 2. The Hall–Kier alpha value is -2.99. The summed E-state index contributed by atoms with van der Waals surface area (Å²) in [5.41, 5.74) is 1.36.